The normalized spacial score (nSPS) is 21.2. The first-order valence-electron chi connectivity index (χ1n) is 8.42. The van der Waals surface area contributed by atoms with Crippen molar-refractivity contribution < 1.29 is 23.1 Å². The number of carbonyl (C=O) groups excluding carboxylic acids is 2. The van der Waals surface area contributed by atoms with Crippen LogP contribution in [0.1, 0.15) is 42.7 Å². The Hall–Kier alpha value is -2.03. The highest BCUT2D eigenvalue weighted by Gasteiger charge is 2.40. The number of hydrogen-bond donors (Lipinski definition) is 0. The molecule has 3 heterocycles. The van der Waals surface area contributed by atoms with Gasteiger partial charge in [0, 0.05) is 26.1 Å². The summed E-state index contributed by atoms with van der Waals surface area (Å²) < 4.78 is 33.7. The van der Waals surface area contributed by atoms with Gasteiger partial charge in [-0.2, -0.15) is 5.10 Å². The van der Waals surface area contributed by atoms with E-state index in [2.05, 4.69) is 5.10 Å². The summed E-state index contributed by atoms with van der Waals surface area (Å²) in [7, 11) is 0. The van der Waals surface area contributed by atoms with E-state index in [1.165, 1.54) is 15.8 Å². The van der Waals surface area contributed by atoms with Crippen LogP contribution in [0.3, 0.4) is 0 Å². The number of fused-ring (bicyclic) bond motifs is 1. The van der Waals surface area contributed by atoms with Crippen LogP contribution >= 0.6 is 0 Å². The van der Waals surface area contributed by atoms with Gasteiger partial charge in [0.15, 0.2) is 0 Å². The van der Waals surface area contributed by atoms with Crippen LogP contribution in [0.5, 0.6) is 0 Å². The van der Waals surface area contributed by atoms with E-state index in [4.69, 9.17) is 4.74 Å². The molecule has 2 aliphatic rings. The van der Waals surface area contributed by atoms with Crippen molar-refractivity contribution in [1.29, 1.82) is 0 Å². The molecule has 1 aromatic rings. The van der Waals surface area contributed by atoms with E-state index in [9.17, 15) is 18.4 Å². The van der Waals surface area contributed by atoms with Crippen molar-refractivity contribution >= 4 is 11.8 Å². The SMILES string of the molecule is CC(C)Cn1ncc(C(=O)N2CCC(=O)N3CCOCC32)c1C(F)F. The topological polar surface area (TPSA) is 67.7 Å². The molecule has 1 aromatic heterocycles. The van der Waals surface area contributed by atoms with Gasteiger partial charge in [-0.05, 0) is 5.92 Å². The van der Waals surface area contributed by atoms with Crippen molar-refractivity contribution in [3.8, 4) is 0 Å². The van der Waals surface area contributed by atoms with Gasteiger partial charge >= 0.3 is 0 Å². The second kappa shape index (κ2) is 7.07. The van der Waals surface area contributed by atoms with E-state index in [-0.39, 0.29) is 42.7 Å². The zero-order chi connectivity index (χ0) is 18.1. The molecule has 0 radical (unpaired) electrons. The molecule has 0 aliphatic carbocycles. The standard InChI is InChI=1S/C16H22F2N4O3/c1-10(2)8-22-14(15(17)18)11(7-19-22)16(24)21-4-3-13(23)20-5-6-25-9-12(20)21/h7,10,12,15H,3-6,8-9H2,1-2H3. The van der Waals surface area contributed by atoms with Crippen LogP contribution in [0.15, 0.2) is 6.20 Å². The van der Waals surface area contributed by atoms with Gasteiger partial charge in [0.05, 0.1) is 25.0 Å². The minimum atomic E-state index is -2.80. The molecule has 1 atom stereocenters. The van der Waals surface area contributed by atoms with Crippen LogP contribution in [0.25, 0.3) is 0 Å². The molecule has 138 valence electrons. The Morgan fingerprint density at radius 3 is 2.84 bits per heavy atom. The number of alkyl halides is 2. The highest BCUT2D eigenvalue weighted by molar-refractivity contribution is 5.96. The largest absolute Gasteiger partial charge is 0.376 e. The number of carbonyl (C=O) groups is 2. The van der Waals surface area contributed by atoms with Gasteiger partial charge in [-0.25, -0.2) is 8.78 Å². The number of ether oxygens (including phenoxy) is 1. The number of amides is 2. The summed E-state index contributed by atoms with van der Waals surface area (Å²) in [6.07, 6.45) is -1.95. The number of hydrogen-bond acceptors (Lipinski definition) is 4. The first-order valence-corrected chi connectivity index (χ1v) is 8.42. The molecule has 0 N–H and O–H groups in total. The Balaban J connectivity index is 1.89. The fourth-order valence-corrected chi connectivity index (χ4v) is 3.32. The van der Waals surface area contributed by atoms with Gasteiger partial charge in [0.25, 0.3) is 12.3 Å². The maximum absolute atomic E-state index is 13.6. The van der Waals surface area contributed by atoms with Crippen LogP contribution in [0.2, 0.25) is 0 Å². The van der Waals surface area contributed by atoms with Gasteiger partial charge in [-0.3, -0.25) is 14.3 Å². The lowest BCUT2D eigenvalue weighted by atomic mass is 10.1. The van der Waals surface area contributed by atoms with Crippen LogP contribution in [-0.4, -0.2) is 63.9 Å². The smallest absolute Gasteiger partial charge is 0.280 e. The summed E-state index contributed by atoms with van der Waals surface area (Å²) in [4.78, 5) is 28.0. The average Bonchev–Trinajstić information content (AvgIpc) is 2.98. The monoisotopic (exact) mass is 356 g/mol. The Bertz CT molecular complexity index is 662. The fourth-order valence-electron chi connectivity index (χ4n) is 3.32. The highest BCUT2D eigenvalue weighted by Crippen LogP contribution is 2.27. The van der Waals surface area contributed by atoms with Crippen molar-refractivity contribution in [3.05, 3.63) is 17.5 Å². The van der Waals surface area contributed by atoms with E-state index < -0.39 is 18.5 Å². The van der Waals surface area contributed by atoms with Gasteiger partial charge < -0.3 is 14.5 Å². The van der Waals surface area contributed by atoms with Crippen molar-refractivity contribution in [2.45, 2.75) is 39.4 Å². The lowest BCUT2D eigenvalue weighted by Gasteiger charge is -2.45. The second-order valence-electron chi connectivity index (χ2n) is 6.71. The second-order valence-corrected chi connectivity index (χ2v) is 6.71. The molecule has 2 amide bonds. The molecular formula is C16H22F2N4O3. The van der Waals surface area contributed by atoms with Crippen LogP contribution in [0, 0.1) is 5.92 Å². The zero-order valence-electron chi connectivity index (χ0n) is 14.3. The molecule has 1 unspecified atom stereocenters. The van der Waals surface area contributed by atoms with E-state index in [1.54, 1.807) is 4.90 Å². The maximum Gasteiger partial charge on any atom is 0.280 e. The van der Waals surface area contributed by atoms with E-state index in [0.717, 1.165) is 0 Å². The molecule has 3 rings (SSSR count). The average molecular weight is 356 g/mol. The Morgan fingerprint density at radius 2 is 2.16 bits per heavy atom. The van der Waals surface area contributed by atoms with Gasteiger partial charge in [-0.1, -0.05) is 13.8 Å². The molecule has 7 nitrogen and oxygen atoms in total. The predicted octanol–water partition coefficient (Wildman–Crippen LogP) is 1.51. The maximum atomic E-state index is 13.6. The van der Waals surface area contributed by atoms with Crippen molar-refractivity contribution in [1.82, 2.24) is 19.6 Å². The number of nitrogens with zero attached hydrogens (tertiary/aromatic N) is 4. The highest BCUT2D eigenvalue weighted by atomic mass is 19.3. The van der Waals surface area contributed by atoms with E-state index >= 15 is 0 Å². The van der Waals surface area contributed by atoms with Crippen LogP contribution in [0.4, 0.5) is 8.78 Å². The molecule has 0 spiro atoms. The van der Waals surface area contributed by atoms with Gasteiger partial charge in [0.2, 0.25) is 5.91 Å². The molecule has 2 fully saturated rings. The molecule has 0 bridgehead atoms. The first kappa shape index (κ1) is 17.8. The van der Waals surface area contributed by atoms with Crippen LogP contribution in [-0.2, 0) is 16.1 Å². The number of morpholine rings is 1. The fraction of sp³-hybridized carbons (Fsp3) is 0.688. The molecule has 2 saturated heterocycles. The predicted molar refractivity (Wildman–Crippen MR) is 84.0 cm³/mol. The summed E-state index contributed by atoms with van der Waals surface area (Å²) >= 11 is 0. The third-order valence-electron chi connectivity index (χ3n) is 4.47. The summed E-state index contributed by atoms with van der Waals surface area (Å²) in [5, 5.41) is 3.99. The number of aromatic nitrogens is 2. The molecule has 0 saturated carbocycles. The van der Waals surface area contributed by atoms with Crippen molar-refractivity contribution in [3.63, 3.8) is 0 Å². The van der Waals surface area contributed by atoms with E-state index in [0.29, 0.717) is 19.7 Å². The van der Waals surface area contributed by atoms with Crippen LogP contribution < -0.4 is 0 Å². The summed E-state index contributed by atoms with van der Waals surface area (Å²) in [6, 6.07) is 0. The lowest BCUT2D eigenvalue weighted by molar-refractivity contribution is -0.154. The third-order valence-corrected chi connectivity index (χ3v) is 4.47. The lowest BCUT2D eigenvalue weighted by Crippen LogP contribution is -2.62. The first-order chi connectivity index (χ1) is 11.9. The van der Waals surface area contributed by atoms with Gasteiger partial charge in [0.1, 0.15) is 11.9 Å². The van der Waals surface area contributed by atoms with E-state index in [1.807, 2.05) is 13.8 Å². The zero-order valence-corrected chi connectivity index (χ0v) is 14.3. The molecule has 25 heavy (non-hydrogen) atoms. The Kier molecular flexibility index (Phi) is 5.03. The minimum Gasteiger partial charge on any atom is -0.376 e. The van der Waals surface area contributed by atoms with Crippen molar-refractivity contribution in [2.75, 3.05) is 26.3 Å². The Morgan fingerprint density at radius 1 is 1.40 bits per heavy atom. The number of halogens is 2. The molecule has 2 aliphatic heterocycles. The summed E-state index contributed by atoms with van der Waals surface area (Å²) in [5.74, 6) is -0.449. The van der Waals surface area contributed by atoms with Crippen molar-refractivity contribution in [2.24, 2.45) is 5.92 Å². The number of rotatable bonds is 4. The van der Waals surface area contributed by atoms with Gasteiger partial charge in [-0.15, -0.1) is 0 Å². The Labute approximate surface area is 144 Å². The third kappa shape index (κ3) is 3.37. The molecule has 9 heteroatoms. The summed E-state index contributed by atoms with van der Waals surface area (Å²) in [6.45, 7) is 5.31. The molecular weight excluding hydrogens is 334 g/mol. The quantitative estimate of drug-likeness (QED) is 0.820. The summed E-state index contributed by atoms with van der Waals surface area (Å²) in [5.41, 5.74) is -0.464. The minimum absolute atomic E-state index is 0.0399. The molecule has 0 aromatic carbocycles.